The molecule has 212 valence electrons. The predicted molar refractivity (Wildman–Crippen MR) is 150 cm³/mol. The fourth-order valence-electron chi connectivity index (χ4n) is 6.09. The van der Waals surface area contributed by atoms with Gasteiger partial charge >= 0.3 is 0 Å². The van der Waals surface area contributed by atoms with Crippen LogP contribution in [0, 0.1) is 12.8 Å². The minimum Gasteiger partial charge on any atom is -0.462 e. The molecule has 0 bridgehead atoms. The highest BCUT2D eigenvalue weighted by atomic mass is 16.5. The molecule has 4 atom stereocenters. The highest BCUT2D eigenvalue weighted by molar-refractivity contribution is 5.85. The van der Waals surface area contributed by atoms with Crippen molar-refractivity contribution in [1.82, 2.24) is 19.8 Å². The van der Waals surface area contributed by atoms with Gasteiger partial charge in [-0.25, -0.2) is 4.98 Å². The Morgan fingerprint density at radius 3 is 2.70 bits per heavy atom. The number of carbonyl (C=O) groups excluding carboxylic acids is 2. The maximum atomic E-state index is 13.1. The van der Waals surface area contributed by atoms with E-state index in [4.69, 9.17) is 9.47 Å². The van der Waals surface area contributed by atoms with E-state index in [1.54, 1.807) is 0 Å². The minimum absolute atomic E-state index is 0.0136. The second-order valence-corrected chi connectivity index (χ2v) is 12.1. The van der Waals surface area contributed by atoms with Crippen molar-refractivity contribution in [3.05, 3.63) is 52.8 Å². The van der Waals surface area contributed by atoms with Crippen LogP contribution in [0.3, 0.4) is 0 Å². The number of nitrogens with one attached hydrogen (secondary N) is 1. The Morgan fingerprint density at radius 1 is 1.18 bits per heavy atom. The van der Waals surface area contributed by atoms with Crippen molar-refractivity contribution in [3.63, 3.8) is 0 Å². The Labute approximate surface area is 234 Å². The number of ether oxygens (including phenoxy) is 3. The van der Waals surface area contributed by atoms with E-state index in [2.05, 4.69) is 44.7 Å². The van der Waals surface area contributed by atoms with Crippen LogP contribution in [0.4, 0.5) is 0 Å². The van der Waals surface area contributed by atoms with Gasteiger partial charge in [-0.3, -0.25) is 14.5 Å². The molecule has 3 aromatic rings. The molecule has 0 radical (unpaired) electrons. The summed E-state index contributed by atoms with van der Waals surface area (Å²) in [4.78, 5) is 35.1. The number of hydrogen-bond acceptors (Lipinski definition) is 7. The third kappa shape index (κ3) is 5.25. The van der Waals surface area contributed by atoms with Crippen LogP contribution < -0.4 is 0 Å². The van der Waals surface area contributed by atoms with Crippen molar-refractivity contribution in [2.75, 3.05) is 32.9 Å². The number of nitrogens with zero attached hydrogens (tertiary/aromatic N) is 3. The van der Waals surface area contributed by atoms with E-state index in [1.807, 2.05) is 38.1 Å². The number of benzene rings is 1. The summed E-state index contributed by atoms with van der Waals surface area (Å²) in [6, 6.07) is 7.19. The van der Waals surface area contributed by atoms with Crippen LogP contribution in [-0.4, -0.2) is 76.9 Å². The van der Waals surface area contributed by atoms with Gasteiger partial charge in [0.2, 0.25) is 5.91 Å². The number of aromatic nitrogens is 2. The van der Waals surface area contributed by atoms with Crippen LogP contribution in [-0.2, 0) is 36.8 Å². The molecule has 0 spiro atoms. The zero-order chi connectivity index (χ0) is 28.0. The Balaban J connectivity index is 0.000000370. The Bertz CT molecular complexity index is 1410. The van der Waals surface area contributed by atoms with E-state index in [-0.39, 0.29) is 23.7 Å². The minimum atomic E-state index is -0.318. The molecule has 3 saturated heterocycles. The van der Waals surface area contributed by atoms with E-state index in [9.17, 15) is 9.59 Å². The number of aryl methyl sites for hydroxylation is 1. The molecule has 7 rings (SSSR count). The molecule has 9 nitrogen and oxygen atoms in total. The largest absolute Gasteiger partial charge is 0.462 e. The zero-order valence-corrected chi connectivity index (χ0v) is 23.7. The number of carbonyl (C=O) groups is 2. The molecule has 0 aliphatic carbocycles. The number of H-pyrrole nitrogens is 1. The summed E-state index contributed by atoms with van der Waals surface area (Å²) >= 11 is 0. The summed E-state index contributed by atoms with van der Waals surface area (Å²) in [6.07, 6.45) is 5.91. The number of rotatable bonds is 4. The van der Waals surface area contributed by atoms with E-state index in [0.29, 0.717) is 32.3 Å². The first-order valence-corrected chi connectivity index (χ1v) is 14.2. The number of hydrogen-bond donors (Lipinski definition) is 1. The van der Waals surface area contributed by atoms with E-state index in [1.165, 1.54) is 27.8 Å². The van der Waals surface area contributed by atoms with E-state index >= 15 is 0 Å². The fraction of sp³-hybridized carbons (Fsp3) is 0.516. The summed E-state index contributed by atoms with van der Waals surface area (Å²) in [5, 5.41) is 1.15. The van der Waals surface area contributed by atoms with E-state index < -0.39 is 0 Å². The predicted octanol–water partition coefficient (Wildman–Crippen LogP) is 4.13. The molecule has 4 aliphatic rings. The fourth-order valence-corrected chi connectivity index (χ4v) is 6.09. The van der Waals surface area contributed by atoms with Gasteiger partial charge in [-0.15, -0.1) is 0 Å². The maximum absolute atomic E-state index is 13.1. The maximum Gasteiger partial charge on any atom is 0.293 e. The summed E-state index contributed by atoms with van der Waals surface area (Å²) in [5.74, 6) is 0.256. The summed E-state index contributed by atoms with van der Waals surface area (Å²) in [7, 11) is 0. The SMILES string of the molecule is CC(C)(C)OC=O.Cc1c[nH]c2ncc(-c3cc4c(c(C5C6OCCN65)c3)CCN(C(=O)C3CCOC3)C4)cc12. The quantitative estimate of drug-likeness (QED) is 0.388. The molecule has 3 fully saturated rings. The number of pyridine rings is 1. The lowest BCUT2D eigenvalue weighted by molar-refractivity contribution is -0.139. The standard InChI is InChI=1S/C26H28N4O3.C5H10O2/c1-15-11-27-24-21(15)10-18(12-28-24)17-8-19-13-29(25(31)16-3-6-32-14-16)4-2-20(19)22(9-17)23-26-30(23)5-7-33-26;1-5(2,3)7-4-6/h8-12,16,23,26H,2-7,13-14H2,1H3,(H,27,28);4H,1-3H3. The third-order valence-electron chi connectivity index (χ3n) is 8.25. The molecule has 4 unspecified atom stereocenters. The monoisotopic (exact) mass is 546 g/mol. The van der Waals surface area contributed by atoms with Crippen molar-refractivity contribution in [3.8, 4) is 11.1 Å². The summed E-state index contributed by atoms with van der Waals surface area (Å²) in [5.41, 5.74) is 8.12. The molecule has 9 heteroatoms. The third-order valence-corrected chi connectivity index (χ3v) is 8.25. The second kappa shape index (κ2) is 10.6. The zero-order valence-electron chi connectivity index (χ0n) is 23.7. The summed E-state index contributed by atoms with van der Waals surface area (Å²) < 4.78 is 16.0. The topological polar surface area (TPSA) is 96.8 Å². The van der Waals surface area contributed by atoms with Gasteiger partial charge in [0.25, 0.3) is 6.47 Å². The average molecular weight is 547 g/mol. The van der Waals surface area contributed by atoms with Gasteiger partial charge < -0.3 is 24.1 Å². The molecule has 0 saturated carbocycles. The van der Waals surface area contributed by atoms with Crippen LogP contribution >= 0.6 is 0 Å². The van der Waals surface area contributed by atoms with Crippen molar-refractivity contribution in [1.29, 1.82) is 0 Å². The van der Waals surface area contributed by atoms with Gasteiger partial charge in [-0.05, 0) is 86.6 Å². The highest BCUT2D eigenvalue weighted by Gasteiger charge is 2.54. The number of morpholine rings is 1. The lowest BCUT2D eigenvalue weighted by Crippen LogP contribution is -2.40. The molecular formula is C31H38N4O5. The molecule has 4 aliphatic heterocycles. The first-order valence-electron chi connectivity index (χ1n) is 14.2. The van der Waals surface area contributed by atoms with Gasteiger partial charge in [-0.2, -0.15) is 0 Å². The Morgan fingerprint density at radius 2 is 2.02 bits per heavy atom. The second-order valence-electron chi connectivity index (χ2n) is 12.1. The van der Waals surface area contributed by atoms with Crippen molar-refractivity contribution < 1.29 is 23.8 Å². The smallest absolute Gasteiger partial charge is 0.293 e. The van der Waals surface area contributed by atoms with Crippen molar-refractivity contribution in [2.24, 2.45) is 5.92 Å². The molecule has 6 heterocycles. The van der Waals surface area contributed by atoms with Crippen LogP contribution in [0.5, 0.6) is 0 Å². The lowest BCUT2D eigenvalue weighted by Gasteiger charge is -2.32. The molecule has 1 aromatic carbocycles. The Hall–Kier alpha value is -3.27. The summed E-state index contributed by atoms with van der Waals surface area (Å²) in [6.45, 7) is 12.6. The van der Waals surface area contributed by atoms with Gasteiger partial charge in [0.05, 0.1) is 25.2 Å². The number of amides is 1. The van der Waals surface area contributed by atoms with Crippen molar-refractivity contribution in [2.45, 2.75) is 65.0 Å². The van der Waals surface area contributed by atoms with E-state index in [0.717, 1.165) is 49.1 Å². The van der Waals surface area contributed by atoms with Crippen LogP contribution in [0.25, 0.3) is 22.2 Å². The lowest BCUT2D eigenvalue weighted by atomic mass is 9.88. The molecule has 1 amide bonds. The first-order chi connectivity index (χ1) is 19.2. The first kappa shape index (κ1) is 26.9. The Kier molecular flexibility index (Phi) is 7.14. The van der Waals surface area contributed by atoms with Crippen molar-refractivity contribution >= 4 is 23.4 Å². The van der Waals surface area contributed by atoms with Crippen LogP contribution in [0.2, 0.25) is 0 Å². The molecule has 40 heavy (non-hydrogen) atoms. The molecule has 1 N–H and O–H groups in total. The van der Waals surface area contributed by atoms with Gasteiger partial charge in [0.1, 0.15) is 17.5 Å². The number of aromatic amines is 1. The van der Waals surface area contributed by atoms with Gasteiger partial charge in [-0.1, -0.05) is 0 Å². The van der Waals surface area contributed by atoms with Gasteiger partial charge in [0, 0.05) is 49.6 Å². The number of fused-ring (bicyclic) bond motifs is 3. The van der Waals surface area contributed by atoms with Crippen LogP contribution in [0.1, 0.15) is 55.5 Å². The molecular weight excluding hydrogens is 508 g/mol. The van der Waals surface area contributed by atoms with Gasteiger partial charge in [0.15, 0.2) is 0 Å². The highest BCUT2D eigenvalue weighted by Crippen LogP contribution is 2.49. The normalized spacial score (nSPS) is 25.1. The average Bonchev–Trinajstić information content (AvgIpc) is 3.41. The van der Waals surface area contributed by atoms with Crippen LogP contribution in [0.15, 0.2) is 30.6 Å². The molecule has 2 aromatic heterocycles.